The quantitative estimate of drug-likeness (QED) is 0.600. The lowest BCUT2D eigenvalue weighted by molar-refractivity contribution is -0.384. The molecule has 1 aromatic carbocycles. The van der Waals surface area contributed by atoms with Crippen LogP contribution in [0.5, 0.6) is 0 Å². The van der Waals surface area contributed by atoms with Crippen molar-refractivity contribution in [2.24, 2.45) is 0 Å². The topological polar surface area (TPSA) is 109 Å². The molecule has 0 N–H and O–H groups in total. The SMILES string of the molecule is N#Cc1ncn(-c2cc(F)ccc2[N+](=O)[O-])c1C#N. The normalized spacial score (nSPS) is 9.63. The summed E-state index contributed by atoms with van der Waals surface area (Å²) >= 11 is 0. The molecule has 0 saturated heterocycles. The Labute approximate surface area is 105 Å². The minimum absolute atomic E-state index is 0.157. The Morgan fingerprint density at radius 2 is 2.11 bits per heavy atom. The van der Waals surface area contributed by atoms with Crippen molar-refractivity contribution in [3.8, 4) is 17.8 Å². The number of nitrogens with zero attached hydrogens (tertiary/aromatic N) is 5. The summed E-state index contributed by atoms with van der Waals surface area (Å²) in [5.74, 6) is -0.698. The summed E-state index contributed by atoms with van der Waals surface area (Å²) in [6.07, 6.45) is 1.07. The second-order valence-electron chi connectivity index (χ2n) is 3.43. The van der Waals surface area contributed by atoms with Crippen LogP contribution in [0.25, 0.3) is 5.69 Å². The van der Waals surface area contributed by atoms with Gasteiger partial charge in [0.05, 0.1) is 4.92 Å². The van der Waals surface area contributed by atoms with Crippen LogP contribution in [0.1, 0.15) is 11.4 Å². The Bertz CT molecular complexity index is 753. The number of benzene rings is 1. The molecule has 1 aromatic heterocycles. The van der Waals surface area contributed by atoms with E-state index in [4.69, 9.17) is 10.5 Å². The van der Waals surface area contributed by atoms with Gasteiger partial charge >= 0.3 is 0 Å². The van der Waals surface area contributed by atoms with Crippen LogP contribution in [0.2, 0.25) is 0 Å². The summed E-state index contributed by atoms with van der Waals surface area (Å²) < 4.78 is 14.2. The predicted molar refractivity (Wildman–Crippen MR) is 59.6 cm³/mol. The van der Waals surface area contributed by atoms with Crippen molar-refractivity contribution in [3.63, 3.8) is 0 Å². The van der Waals surface area contributed by atoms with Gasteiger partial charge in [-0.2, -0.15) is 10.5 Å². The fraction of sp³-hybridized carbons (Fsp3) is 0. The molecule has 0 unspecified atom stereocenters. The summed E-state index contributed by atoms with van der Waals surface area (Å²) in [5.41, 5.74) is -0.910. The van der Waals surface area contributed by atoms with Crippen molar-refractivity contribution in [1.29, 1.82) is 10.5 Å². The molecule has 7 nitrogen and oxygen atoms in total. The van der Waals surface area contributed by atoms with Gasteiger partial charge in [-0.1, -0.05) is 0 Å². The number of rotatable bonds is 2. The molecule has 0 atom stereocenters. The van der Waals surface area contributed by atoms with E-state index in [1.54, 1.807) is 12.1 Å². The lowest BCUT2D eigenvalue weighted by Crippen LogP contribution is -2.02. The molecule has 0 amide bonds. The number of halogens is 1. The predicted octanol–water partition coefficient (Wildman–Crippen LogP) is 1.66. The van der Waals surface area contributed by atoms with E-state index >= 15 is 0 Å². The summed E-state index contributed by atoms with van der Waals surface area (Å²) in [6.45, 7) is 0. The Morgan fingerprint density at radius 3 is 2.68 bits per heavy atom. The second-order valence-corrected chi connectivity index (χ2v) is 3.43. The van der Waals surface area contributed by atoms with E-state index in [-0.39, 0.29) is 22.8 Å². The molecule has 0 aliphatic carbocycles. The number of hydrogen-bond acceptors (Lipinski definition) is 5. The highest BCUT2D eigenvalue weighted by atomic mass is 19.1. The van der Waals surface area contributed by atoms with E-state index in [2.05, 4.69) is 4.98 Å². The second kappa shape index (κ2) is 4.55. The Balaban J connectivity index is 2.76. The van der Waals surface area contributed by atoms with Crippen LogP contribution in [0.15, 0.2) is 24.5 Å². The lowest BCUT2D eigenvalue weighted by atomic mass is 10.2. The third-order valence-corrected chi connectivity index (χ3v) is 2.37. The number of nitriles is 2. The lowest BCUT2D eigenvalue weighted by Gasteiger charge is -2.04. The van der Waals surface area contributed by atoms with Gasteiger partial charge in [0.25, 0.3) is 5.69 Å². The number of nitro groups is 1. The first-order valence-corrected chi connectivity index (χ1v) is 4.90. The fourth-order valence-electron chi connectivity index (χ4n) is 1.56. The Morgan fingerprint density at radius 1 is 1.37 bits per heavy atom. The van der Waals surface area contributed by atoms with Crippen LogP contribution < -0.4 is 0 Å². The van der Waals surface area contributed by atoms with Crippen molar-refractivity contribution < 1.29 is 9.31 Å². The monoisotopic (exact) mass is 257 g/mol. The number of nitro benzene ring substituents is 1. The number of imidazole rings is 1. The highest BCUT2D eigenvalue weighted by molar-refractivity contribution is 5.55. The van der Waals surface area contributed by atoms with Crippen LogP contribution in [0.4, 0.5) is 10.1 Å². The Hall–Kier alpha value is -3.26. The molecular formula is C11H4FN5O2. The van der Waals surface area contributed by atoms with Crippen LogP contribution in [0.3, 0.4) is 0 Å². The average Bonchev–Trinajstić information content (AvgIpc) is 2.80. The highest BCUT2D eigenvalue weighted by Gasteiger charge is 2.20. The van der Waals surface area contributed by atoms with Crippen molar-refractivity contribution in [1.82, 2.24) is 9.55 Å². The van der Waals surface area contributed by atoms with E-state index in [1.807, 2.05) is 0 Å². The van der Waals surface area contributed by atoms with Gasteiger partial charge in [0.15, 0.2) is 11.4 Å². The number of aromatic nitrogens is 2. The van der Waals surface area contributed by atoms with Gasteiger partial charge in [-0.05, 0) is 6.07 Å². The maximum absolute atomic E-state index is 13.2. The Kier molecular flexibility index (Phi) is 2.92. The molecule has 0 aliphatic rings. The molecule has 0 radical (unpaired) electrons. The minimum atomic E-state index is -0.706. The summed E-state index contributed by atoms with van der Waals surface area (Å²) in [4.78, 5) is 13.8. The van der Waals surface area contributed by atoms with E-state index in [9.17, 15) is 14.5 Å². The summed E-state index contributed by atoms with van der Waals surface area (Å²) in [5, 5.41) is 28.6. The highest BCUT2D eigenvalue weighted by Crippen LogP contribution is 2.25. The zero-order valence-corrected chi connectivity index (χ0v) is 9.24. The minimum Gasteiger partial charge on any atom is -0.283 e. The third-order valence-electron chi connectivity index (χ3n) is 2.37. The van der Waals surface area contributed by atoms with Gasteiger partial charge in [-0.25, -0.2) is 9.37 Å². The van der Waals surface area contributed by atoms with E-state index in [0.717, 1.165) is 29.1 Å². The third kappa shape index (κ3) is 1.98. The van der Waals surface area contributed by atoms with Crippen LogP contribution in [0, 0.1) is 38.6 Å². The largest absolute Gasteiger partial charge is 0.293 e. The maximum Gasteiger partial charge on any atom is 0.293 e. The van der Waals surface area contributed by atoms with Gasteiger partial charge in [-0.3, -0.25) is 14.7 Å². The first-order chi connectivity index (χ1) is 9.08. The van der Waals surface area contributed by atoms with Crippen molar-refractivity contribution >= 4 is 5.69 Å². The van der Waals surface area contributed by atoms with Crippen molar-refractivity contribution in [2.45, 2.75) is 0 Å². The van der Waals surface area contributed by atoms with E-state index < -0.39 is 10.7 Å². The molecule has 2 aromatic rings. The molecule has 0 saturated carbocycles. The smallest absolute Gasteiger partial charge is 0.283 e. The zero-order valence-electron chi connectivity index (χ0n) is 9.24. The van der Waals surface area contributed by atoms with Crippen LogP contribution in [-0.2, 0) is 0 Å². The molecule has 92 valence electrons. The van der Waals surface area contributed by atoms with Crippen molar-refractivity contribution in [2.75, 3.05) is 0 Å². The first kappa shape index (κ1) is 12.2. The fourth-order valence-corrected chi connectivity index (χ4v) is 1.56. The summed E-state index contributed by atoms with van der Waals surface area (Å²) in [6, 6.07) is 6.22. The molecule has 0 aliphatic heterocycles. The van der Waals surface area contributed by atoms with Crippen molar-refractivity contribution in [3.05, 3.63) is 51.8 Å². The first-order valence-electron chi connectivity index (χ1n) is 4.90. The molecule has 19 heavy (non-hydrogen) atoms. The maximum atomic E-state index is 13.2. The van der Waals surface area contributed by atoms with E-state index in [0.29, 0.717) is 0 Å². The van der Waals surface area contributed by atoms with E-state index in [1.165, 1.54) is 0 Å². The molecule has 1 heterocycles. The van der Waals surface area contributed by atoms with Crippen LogP contribution in [-0.4, -0.2) is 14.5 Å². The summed E-state index contributed by atoms with van der Waals surface area (Å²) in [7, 11) is 0. The van der Waals surface area contributed by atoms with Gasteiger partial charge in [0.2, 0.25) is 0 Å². The molecule has 8 heteroatoms. The molecule has 0 bridgehead atoms. The van der Waals surface area contributed by atoms with Gasteiger partial charge < -0.3 is 0 Å². The molecule has 0 fully saturated rings. The molecule has 2 rings (SSSR count). The zero-order chi connectivity index (χ0) is 14.0. The van der Waals surface area contributed by atoms with Gasteiger partial charge in [-0.15, -0.1) is 0 Å². The average molecular weight is 257 g/mol. The van der Waals surface area contributed by atoms with Gasteiger partial charge in [0.1, 0.15) is 30.0 Å². The molecule has 0 spiro atoms. The van der Waals surface area contributed by atoms with Gasteiger partial charge in [0, 0.05) is 12.1 Å². The number of hydrogen-bond donors (Lipinski definition) is 0. The molecular weight excluding hydrogens is 253 g/mol. The standard InChI is InChI=1S/C11H4FN5O2/c12-7-1-2-9(17(18)19)10(3-7)16-6-15-8(4-13)11(16)5-14/h1-3,6H. The van der Waals surface area contributed by atoms with Crippen LogP contribution >= 0.6 is 0 Å².